The van der Waals surface area contributed by atoms with E-state index in [1.165, 1.54) is 6.07 Å². The fourth-order valence-corrected chi connectivity index (χ4v) is 2.65. The molecule has 1 atom stereocenters. The summed E-state index contributed by atoms with van der Waals surface area (Å²) in [6.07, 6.45) is -2.51. The molecule has 0 saturated carbocycles. The molecule has 0 saturated heterocycles. The van der Waals surface area contributed by atoms with Crippen LogP contribution in [0.5, 0.6) is 0 Å². The molecule has 2 nitrogen and oxygen atoms in total. The zero-order valence-corrected chi connectivity index (χ0v) is 11.8. The average molecular weight is 300 g/mol. The van der Waals surface area contributed by atoms with E-state index in [1.807, 2.05) is 24.4 Å². The molecule has 20 heavy (non-hydrogen) atoms. The highest BCUT2D eigenvalue weighted by atomic mass is 32.1. The number of aromatic nitrogens is 1. The van der Waals surface area contributed by atoms with Crippen molar-refractivity contribution in [3.8, 4) is 0 Å². The predicted octanol–water partition coefficient (Wildman–Crippen LogP) is 4.25. The maximum absolute atomic E-state index is 12.5. The molecular formula is C14H15F3N2S. The van der Waals surface area contributed by atoms with Gasteiger partial charge in [-0.05, 0) is 36.5 Å². The van der Waals surface area contributed by atoms with Crippen LogP contribution in [-0.2, 0) is 6.18 Å². The molecule has 0 fully saturated rings. The molecule has 0 amide bonds. The van der Waals surface area contributed by atoms with E-state index in [1.54, 1.807) is 11.3 Å². The maximum Gasteiger partial charge on any atom is 0.417 e. The first-order valence-corrected chi connectivity index (χ1v) is 7.20. The molecule has 0 bridgehead atoms. The van der Waals surface area contributed by atoms with E-state index >= 15 is 0 Å². The molecule has 0 aliphatic carbocycles. The molecule has 0 aliphatic rings. The van der Waals surface area contributed by atoms with Crippen molar-refractivity contribution in [1.82, 2.24) is 10.3 Å². The molecule has 0 aromatic carbocycles. The Morgan fingerprint density at radius 2 is 2.10 bits per heavy atom. The van der Waals surface area contributed by atoms with Crippen LogP contribution in [0.15, 0.2) is 35.8 Å². The molecule has 6 heteroatoms. The standard InChI is InChI=1S/C14H15F3N2S/c1-2-7-18-13(12-4-3-8-20-12)11-6-5-10(9-19-11)14(15,16)17/h3-6,8-9,13,18H,2,7H2,1H3. The summed E-state index contributed by atoms with van der Waals surface area (Å²) >= 11 is 1.56. The third-order valence-corrected chi connectivity index (χ3v) is 3.77. The van der Waals surface area contributed by atoms with Crippen LogP contribution in [0.25, 0.3) is 0 Å². The van der Waals surface area contributed by atoms with Crippen LogP contribution in [0.1, 0.15) is 35.5 Å². The van der Waals surface area contributed by atoms with Crippen LogP contribution >= 0.6 is 11.3 Å². The van der Waals surface area contributed by atoms with Gasteiger partial charge in [0.1, 0.15) is 0 Å². The van der Waals surface area contributed by atoms with Crippen molar-refractivity contribution in [2.24, 2.45) is 0 Å². The summed E-state index contributed by atoms with van der Waals surface area (Å²) < 4.78 is 37.6. The fraction of sp³-hybridized carbons (Fsp3) is 0.357. The minimum atomic E-state index is -4.35. The first-order chi connectivity index (χ1) is 9.52. The average Bonchev–Trinajstić information content (AvgIpc) is 2.93. The monoisotopic (exact) mass is 300 g/mol. The highest BCUT2D eigenvalue weighted by Gasteiger charge is 2.31. The number of rotatable bonds is 5. The van der Waals surface area contributed by atoms with Gasteiger partial charge in [-0.2, -0.15) is 13.2 Å². The highest BCUT2D eigenvalue weighted by molar-refractivity contribution is 7.10. The Morgan fingerprint density at radius 3 is 2.60 bits per heavy atom. The molecule has 0 spiro atoms. The largest absolute Gasteiger partial charge is 0.417 e. The molecule has 2 heterocycles. The Hall–Kier alpha value is -1.40. The molecule has 0 aliphatic heterocycles. The zero-order chi connectivity index (χ0) is 14.6. The number of thiophene rings is 1. The van der Waals surface area contributed by atoms with Gasteiger partial charge in [0.15, 0.2) is 0 Å². The molecular weight excluding hydrogens is 285 g/mol. The Balaban J connectivity index is 2.25. The van der Waals surface area contributed by atoms with Gasteiger partial charge in [-0.15, -0.1) is 11.3 Å². The smallest absolute Gasteiger partial charge is 0.304 e. The lowest BCUT2D eigenvalue weighted by Crippen LogP contribution is -2.23. The third-order valence-electron chi connectivity index (χ3n) is 2.84. The van der Waals surface area contributed by atoms with Crippen LogP contribution < -0.4 is 5.32 Å². The molecule has 1 unspecified atom stereocenters. The Labute approximate surface area is 119 Å². The Kier molecular flexibility index (Phi) is 4.77. The SMILES string of the molecule is CCCNC(c1ccc(C(F)(F)F)cn1)c1cccs1. The lowest BCUT2D eigenvalue weighted by molar-refractivity contribution is -0.137. The zero-order valence-electron chi connectivity index (χ0n) is 10.9. The van der Waals surface area contributed by atoms with Crippen molar-refractivity contribution in [2.45, 2.75) is 25.6 Å². The number of alkyl halides is 3. The minimum Gasteiger partial charge on any atom is -0.304 e. The number of pyridine rings is 1. The van der Waals surface area contributed by atoms with Crippen LogP contribution in [0.4, 0.5) is 13.2 Å². The van der Waals surface area contributed by atoms with E-state index in [2.05, 4.69) is 10.3 Å². The summed E-state index contributed by atoms with van der Waals surface area (Å²) in [6.45, 7) is 2.82. The molecule has 2 aromatic heterocycles. The van der Waals surface area contributed by atoms with Gasteiger partial charge < -0.3 is 5.32 Å². The van der Waals surface area contributed by atoms with E-state index in [0.29, 0.717) is 5.69 Å². The number of hydrogen-bond donors (Lipinski definition) is 1. The number of hydrogen-bond acceptors (Lipinski definition) is 3. The van der Waals surface area contributed by atoms with Crippen molar-refractivity contribution in [1.29, 1.82) is 0 Å². The Bertz CT molecular complexity index is 520. The van der Waals surface area contributed by atoms with Gasteiger partial charge in [0, 0.05) is 11.1 Å². The van der Waals surface area contributed by atoms with Crippen molar-refractivity contribution in [3.63, 3.8) is 0 Å². The second-order valence-corrected chi connectivity index (χ2v) is 5.35. The van der Waals surface area contributed by atoms with Crippen LogP contribution in [0, 0.1) is 0 Å². The highest BCUT2D eigenvalue weighted by Crippen LogP contribution is 2.30. The second-order valence-electron chi connectivity index (χ2n) is 4.37. The fourth-order valence-electron chi connectivity index (χ4n) is 1.84. The predicted molar refractivity (Wildman–Crippen MR) is 73.7 cm³/mol. The molecule has 0 radical (unpaired) electrons. The lowest BCUT2D eigenvalue weighted by atomic mass is 10.1. The topological polar surface area (TPSA) is 24.9 Å². The second kappa shape index (κ2) is 6.37. The van der Waals surface area contributed by atoms with Gasteiger partial charge in [-0.25, -0.2) is 0 Å². The quantitative estimate of drug-likeness (QED) is 0.893. The summed E-state index contributed by atoms with van der Waals surface area (Å²) in [4.78, 5) is 5.03. The summed E-state index contributed by atoms with van der Waals surface area (Å²) in [7, 11) is 0. The number of nitrogens with one attached hydrogen (secondary N) is 1. The van der Waals surface area contributed by atoms with E-state index < -0.39 is 11.7 Å². The van der Waals surface area contributed by atoms with Crippen LogP contribution in [0.3, 0.4) is 0 Å². The van der Waals surface area contributed by atoms with E-state index in [0.717, 1.165) is 30.1 Å². The van der Waals surface area contributed by atoms with Crippen molar-refractivity contribution < 1.29 is 13.2 Å². The molecule has 108 valence electrons. The summed E-state index contributed by atoms with van der Waals surface area (Å²) in [5, 5.41) is 5.26. The van der Waals surface area contributed by atoms with Crippen LogP contribution in [0.2, 0.25) is 0 Å². The van der Waals surface area contributed by atoms with Gasteiger partial charge in [0.25, 0.3) is 0 Å². The number of nitrogens with zero attached hydrogens (tertiary/aromatic N) is 1. The summed E-state index contributed by atoms with van der Waals surface area (Å²) in [5.74, 6) is 0. The van der Waals surface area contributed by atoms with E-state index in [9.17, 15) is 13.2 Å². The van der Waals surface area contributed by atoms with Gasteiger partial charge >= 0.3 is 6.18 Å². The van der Waals surface area contributed by atoms with Gasteiger partial charge in [0.05, 0.1) is 17.3 Å². The van der Waals surface area contributed by atoms with E-state index in [4.69, 9.17) is 0 Å². The Morgan fingerprint density at radius 1 is 1.30 bits per heavy atom. The maximum atomic E-state index is 12.5. The lowest BCUT2D eigenvalue weighted by Gasteiger charge is -2.17. The normalized spacial score (nSPS) is 13.4. The van der Waals surface area contributed by atoms with Crippen molar-refractivity contribution in [2.75, 3.05) is 6.54 Å². The molecule has 1 N–H and O–H groups in total. The first-order valence-electron chi connectivity index (χ1n) is 6.32. The molecule has 2 aromatic rings. The van der Waals surface area contributed by atoms with Crippen molar-refractivity contribution in [3.05, 3.63) is 52.0 Å². The minimum absolute atomic E-state index is 0.155. The molecule has 2 rings (SSSR count). The van der Waals surface area contributed by atoms with Gasteiger partial charge in [-0.3, -0.25) is 4.98 Å². The van der Waals surface area contributed by atoms with Gasteiger partial charge in [0.2, 0.25) is 0 Å². The van der Waals surface area contributed by atoms with E-state index in [-0.39, 0.29) is 6.04 Å². The van der Waals surface area contributed by atoms with Gasteiger partial charge in [-0.1, -0.05) is 13.0 Å². The van der Waals surface area contributed by atoms with Crippen molar-refractivity contribution >= 4 is 11.3 Å². The third kappa shape index (κ3) is 3.58. The summed E-state index contributed by atoms with van der Waals surface area (Å²) in [6, 6.07) is 6.24. The first kappa shape index (κ1) is 15.0. The number of halogens is 3. The van der Waals surface area contributed by atoms with Crippen LogP contribution in [-0.4, -0.2) is 11.5 Å². The summed E-state index contributed by atoms with van der Waals surface area (Å²) in [5.41, 5.74) is -0.115.